The molecule has 0 saturated carbocycles. The van der Waals surface area contributed by atoms with Gasteiger partial charge in [0.25, 0.3) is 0 Å². The average molecular weight is 162 g/mol. The van der Waals surface area contributed by atoms with E-state index in [-0.39, 0.29) is 6.54 Å². The molecule has 0 aromatic heterocycles. The highest BCUT2D eigenvalue weighted by Crippen LogP contribution is 2.06. The van der Waals surface area contributed by atoms with Crippen molar-refractivity contribution in [2.75, 3.05) is 13.1 Å². The number of rotatable bonds is 1. The molecule has 1 aliphatic heterocycles. The molecular weight excluding hydrogens is 151 g/mol. The Morgan fingerprint density at radius 2 is 2.45 bits per heavy atom. The fraction of sp³-hybridized carbons (Fsp3) is 0.833. The third-order valence-corrected chi connectivity index (χ3v) is 1.72. The SMILES string of the molecule is O=C(O)NC1CCNCC1F. The van der Waals surface area contributed by atoms with Crippen molar-refractivity contribution in [3.63, 3.8) is 0 Å². The molecule has 3 N–H and O–H groups in total. The third kappa shape index (κ3) is 2.34. The summed E-state index contributed by atoms with van der Waals surface area (Å²) in [7, 11) is 0. The first-order chi connectivity index (χ1) is 5.20. The van der Waals surface area contributed by atoms with Crippen LogP contribution in [0.2, 0.25) is 0 Å². The minimum absolute atomic E-state index is 0.241. The fourth-order valence-electron chi connectivity index (χ4n) is 1.14. The van der Waals surface area contributed by atoms with Crippen molar-refractivity contribution in [2.24, 2.45) is 0 Å². The van der Waals surface area contributed by atoms with Gasteiger partial charge in [0.2, 0.25) is 0 Å². The smallest absolute Gasteiger partial charge is 0.404 e. The van der Waals surface area contributed by atoms with E-state index in [4.69, 9.17) is 5.11 Å². The van der Waals surface area contributed by atoms with Crippen LogP contribution < -0.4 is 10.6 Å². The van der Waals surface area contributed by atoms with Gasteiger partial charge in [0.05, 0.1) is 6.04 Å². The minimum Gasteiger partial charge on any atom is -0.465 e. The molecule has 4 nitrogen and oxygen atoms in total. The molecule has 2 atom stereocenters. The highest BCUT2D eigenvalue weighted by molar-refractivity contribution is 5.64. The third-order valence-electron chi connectivity index (χ3n) is 1.72. The average Bonchev–Trinajstić information content (AvgIpc) is 1.93. The first-order valence-electron chi connectivity index (χ1n) is 3.54. The number of nitrogens with one attached hydrogen (secondary N) is 2. The Bertz CT molecular complexity index is 154. The summed E-state index contributed by atoms with van der Waals surface area (Å²) < 4.78 is 12.8. The van der Waals surface area contributed by atoms with Gasteiger partial charge in [-0.1, -0.05) is 0 Å². The van der Waals surface area contributed by atoms with E-state index in [1.54, 1.807) is 0 Å². The quantitative estimate of drug-likeness (QED) is 0.506. The van der Waals surface area contributed by atoms with Crippen molar-refractivity contribution in [3.05, 3.63) is 0 Å². The van der Waals surface area contributed by atoms with Crippen molar-refractivity contribution < 1.29 is 14.3 Å². The van der Waals surface area contributed by atoms with Gasteiger partial charge < -0.3 is 15.7 Å². The summed E-state index contributed by atoms with van der Waals surface area (Å²) >= 11 is 0. The van der Waals surface area contributed by atoms with Crippen LogP contribution in [0.1, 0.15) is 6.42 Å². The van der Waals surface area contributed by atoms with Crippen molar-refractivity contribution in [3.8, 4) is 0 Å². The van der Waals surface area contributed by atoms with E-state index in [1.807, 2.05) is 0 Å². The van der Waals surface area contributed by atoms with E-state index in [2.05, 4.69) is 10.6 Å². The van der Waals surface area contributed by atoms with Gasteiger partial charge in [-0.3, -0.25) is 0 Å². The Kier molecular flexibility index (Phi) is 2.64. The van der Waals surface area contributed by atoms with Crippen LogP contribution in [0.3, 0.4) is 0 Å². The van der Waals surface area contributed by atoms with Crippen molar-refractivity contribution in [2.45, 2.75) is 18.6 Å². The van der Waals surface area contributed by atoms with E-state index < -0.39 is 18.3 Å². The summed E-state index contributed by atoms with van der Waals surface area (Å²) in [4.78, 5) is 10.1. The molecule has 0 aromatic rings. The maximum Gasteiger partial charge on any atom is 0.404 e. The van der Waals surface area contributed by atoms with Crippen molar-refractivity contribution in [1.29, 1.82) is 0 Å². The lowest BCUT2D eigenvalue weighted by atomic mass is 10.1. The van der Waals surface area contributed by atoms with E-state index in [0.29, 0.717) is 13.0 Å². The number of hydrogen-bond donors (Lipinski definition) is 3. The predicted molar refractivity (Wildman–Crippen MR) is 37.3 cm³/mol. The van der Waals surface area contributed by atoms with Gasteiger partial charge in [0.1, 0.15) is 6.17 Å². The first-order valence-corrected chi connectivity index (χ1v) is 3.54. The van der Waals surface area contributed by atoms with Gasteiger partial charge in [0, 0.05) is 6.54 Å². The molecule has 0 spiro atoms. The summed E-state index contributed by atoms with van der Waals surface area (Å²) in [6, 6.07) is -0.534. The maximum atomic E-state index is 12.8. The lowest BCUT2D eigenvalue weighted by Gasteiger charge is -2.26. The zero-order chi connectivity index (χ0) is 8.27. The summed E-state index contributed by atoms with van der Waals surface area (Å²) in [6.07, 6.45) is -1.73. The van der Waals surface area contributed by atoms with Crippen molar-refractivity contribution >= 4 is 6.09 Å². The second kappa shape index (κ2) is 3.52. The molecule has 11 heavy (non-hydrogen) atoms. The summed E-state index contributed by atoms with van der Waals surface area (Å²) in [5.74, 6) is 0. The van der Waals surface area contributed by atoms with E-state index in [0.717, 1.165) is 0 Å². The molecule has 64 valence electrons. The Labute approximate surface area is 63.8 Å². The first kappa shape index (κ1) is 8.26. The highest BCUT2D eigenvalue weighted by Gasteiger charge is 2.25. The van der Waals surface area contributed by atoms with Gasteiger partial charge in [0.15, 0.2) is 0 Å². The number of amides is 1. The second-order valence-electron chi connectivity index (χ2n) is 2.56. The number of piperidine rings is 1. The van der Waals surface area contributed by atoms with E-state index in [9.17, 15) is 9.18 Å². The molecule has 1 aliphatic rings. The summed E-state index contributed by atoms with van der Waals surface area (Å²) in [6.45, 7) is 0.913. The van der Waals surface area contributed by atoms with E-state index in [1.165, 1.54) is 0 Å². The van der Waals surface area contributed by atoms with Gasteiger partial charge in [-0.2, -0.15) is 0 Å². The lowest BCUT2D eigenvalue weighted by molar-refractivity contribution is 0.163. The number of carboxylic acid groups (broad SMARTS) is 1. The molecule has 1 amide bonds. The highest BCUT2D eigenvalue weighted by atomic mass is 19.1. The number of hydrogen-bond acceptors (Lipinski definition) is 2. The number of halogens is 1. The van der Waals surface area contributed by atoms with Gasteiger partial charge >= 0.3 is 6.09 Å². The van der Waals surface area contributed by atoms with Gasteiger partial charge in [-0.15, -0.1) is 0 Å². The molecule has 5 heteroatoms. The Hall–Kier alpha value is -0.840. The normalized spacial score (nSPS) is 31.4. The molecule has 1 saturated heterocycles. The predicted octanol–water partition coefficient (Wildman–Crippen LogP) is -0.0460. The Morgan fingerprint density at radius 3 is 3.00 bits per heavy atom. The molecular formula is C6H11FN2O2. The second-order valence-corrected chi connectivity index (χ2v) is 2.56. The minimum atomic E-state index is -1.15. The zero-order valence-electron chi connectivity index (χ0n) is 6.01. The molecule has 1 fully saturated rings. The van der Waals surface area contributed by atoms with Gasteiger partial charge in [-0.25, -0.2) is 9.18 Å². The molecule has 0 radical (unpaired) electrons. The lowest BCUT2D eigenvalue weighted by Crippen LogP contribution is -2.50. The Morgan fingerprint density at radius 1 is 1.73 bits per heavy atom. The summed E-state index contributed by atoms with van der Waals surface area (Å²) in [5, 5.41) is 13.2. The van der Waals surface area contributed by atoms with Crippen LogP contribution in [-0.2, 0) is 0 Å². The molecule has 0 aromatic carbocycles. The topological polar surface area (TPSA) is 61.4 Å². The molecule has 0 aliphatic carbocycles. The van der Waals surface area contributed by atoms with Crippen LogP contribution in [0, 0.1) is 0 Å². The van der Waals surface area contributed by atoms with Crippen LogP contribution in [0.4, 0.5) is 9.18 Å². The largest absolute Gasteiger partial charge is 0.465 e. The molecule has 0 bridgehead atoms. The van der Waals surface area contributed by atoms with Crippen LogP contribution in [0.5, 0.6) is 0 Å². The molecule has 2 unspecified atom stereocenters. The molecule has 1 rings (SSSR count). The van der Waals surface area contributed by atoms with Crippen molar-refractivity contribution in [1.82, 2.24) is 10.6 Å². The van der Waals surface area contributed by atoms with Crippen LogP contribution >= 0.6 is 0 Å². The fourth-order valence-corrected chi connectivity index (χ4v) is 1.14. The molecule has 1 heterocycles. The monoisotopic (exact) mass is 162 g/mol. The summed E-state index contributed by atoms with van der Waals surface area (Å²) in [5.41, 5.74) is 0. The zero-order valence-corrected chi connectivity index (χ0v) is 6.01. The van der Waals surface area contributed by atoms with Crippen LogP contribution in [0.15, 0.2) is 0 Å². The Balaban J connectivity index is 2.35. The van der Waals surface area contributed by atoms with E-state index >= 15 is 0 Å². The van der Waals surface area contributed by atoms with Gasteiger partial charge in [-0.05, 0) is 13.0 Å². The van der Waals surface area contributed by atoms with Crippen LogP contribution in [0.25, 0.3) is 0 Å². The standard InChI is InChI=1S/C6H11FN2O2/c7-4-3-8-2-1-5(4)9-6(10)11/h4-5,8-9H,1-3H2,(H,10,11). The number of carbonyl (C=O) groups is 1. The maximum absolute atomic E-state index is 12.8. The van der Waals surface area contributed by atoms with Crippen LogP contribution in [-0.4, -0.2) is 36.5 Å². The number of alkyl halides is 1.